The lowest BCUT2D eigenvalue weighted by Crippen LogP contribution is -2.28. The predicted molar refractivity (Wildman–Crippen MR) is 87.1 cm³/mol. The van der Waals surface area contributed by atoms with Gasteiger partial charge in [0.1, 0.15) is 15.5 Å². The van der Waals surface area contributed by atoms with E-state index >= 15 is 0 Å². The van der Waals surface area contributed by atoms with Crippen molar-refractivity contribution in [3.05, 3.63) is 4.88 Å². The van der Waals surface area contributed by atoms with Gasteiger partial charge < -0.3 is 15.0 Å². The van der Waals surface area contributed by atoms with Gasteiger partial charge in [0.05, 0.1) is 24.2 Å². The number of esters is 1. The maximum Gasteiger partial charge on any atom is 0.350 e. The van der Waals surface area contributed by atoms with Crippen molar-refractivity contribution in [2.24, 2.45) is 0 Å². The van der Waals surface area contributed by atoms with E-state index in [1.807, 2.05) is 6.26 Å². The number of carbonyl (C=O) groups excluding carboxylic acids is 2. The number of nitrogens with one attached hydrogen (secondary N) is 1. The molecule has 0 saturated carbocycles. The van der Waals surface area contributed by atoms with Crippen LogP contribution in [0.3, 0.4) is 0 Å². The minimum atomic E-state index is -0.456. The summed E-state index contributed by atoms with van der Waals surface area (Å²) in [5.74, 6) is -0.00652. The first-order chi connectivity index (χ1) is 10.5. The Bertz CT molecular complexity index is 774. The maximum atomic E-state index is 12.2. The van der Waals surface area contributed by atoms with Gasteiger partial charge in [-0.1, -0.05) is 11.8 Å². The van der Waals surface area contributed by atoms with Crippen molar-refractivity contribution in [3.63, 3.8) is 0 Å². The number of thiophene rings is 1. The Morgan fingerprint density at radius 2 is 2.27 bits per heavy atom. The molecular weight excluding hydrogens is 324 g/mol. The van der Waals surface area contributed by atoms with Crippen molar-refractivity contribution in [3.8, 4) is 0 Å². The number of ether oxygens (including phenoxy) is 1. The van der Waals surface area contributed by atoms with Crippen molar-refractivity contribution in [2.75, 3.05) is 36.7 Å². The van der Waals surface area contributed by atoms with Crippen molar-refractivity contribution in [2.45, 2.75) is 12.1 Å². The highest BCUT2D eigenvalue weighted by Crippen LogP contribution is 2.42. The number of likely N-dealkylation sites (N-methyl/N-ethyl adjacent to an activating group) is 1. The first-order valence-electron chi connectivity index (χ1n) is 6.61. The lowest BCUT2D eigenvalue weighted by atomic mass is 10.2. The molecule has 1 aliphatic heterocycles. The molecule has 116 valence electrons. The van der Waals surface area contributed by atoms with Crippen LogP contribution in [0, 0.1) is 0 Å². The highest BCUT2D eigenvalue weighted by Gasteiger charge is 2.29. The predicted octanol–water partition coefficient (Wildman–Crippen LogP) is 1.98. The van der Waals surface area contributed by atoms with Crippen LogP contribution in [-0.4, -0.2) is 48.3 Å². The number of amides is 1. The summed E-state index contributed by atoms with van der Waals surface area (Å²) >= 11 is 2.63. The quantitative estimate of drug-likeness (QED) is 0.520. The molecule has 1 amide bonds. The van der Waals surface area contributed by atoms with Crippen LogP contribution >= 0.6 is 23.1 Å². The molecule has 0 fully saturated rings. The molecular formula is C13H14N4O3S2. The van der Waals surface area contributed by atoms with E-state index in [2.05, 4.69) is 15.3 Å². The molecule has 3 heterocycles. The number of rotatable bonds is 3. The van der Waals surface area contributed by atoms with E-state index in [1.54, 1.807) is 18.9 Å². The molecule has 7 nitrogen and oxygen atoms in total. The summed E-state index contributed by atoms with van der Waals surface area (Å²) in [5, 5.41) is 4.08. The van der Waals surface area contributed by atoms with Gasteiger partial charge in [-0.15, -0.1) is 11.3 Å². The SMILES string of the molecule is CCOC(=O)c1sc2nc(SC)nc3c2c1NC(=O)CN3C. The highest BCUT2D eigenvalue weighted by atomic mass is 32.2. The Balaban J connectivity index is 2.29. The third-order valence-corrected chi connectivity index (χ3v) is 4.77. The van der Waals surface area contributed by atoms with Crippen molar-refractivity contribution >= 4 is 56.7 Å². The topological polar surface area (TPSA) is 84.4 Å². The number of anilines is 2. The molecule has 2 aromatic heterocycles. The van der Waals surface area contributed by atoms with Crippen LogP contribution in [0.25, 0.3) is 10.2 Å². The summed E-state index contributed by atoms with van der Waals surface area (Å²) in [6.07, 6.45) is 1.88. The third kappa shape index (κ3) is 2.40. The molecule has 9 heteroatoms. The smallest absolute Gasteiger partial charge is 0.350 e. The highest BCUT2D eigenvalue weighted by molar-refractivity contribution is 7.98. The number of hydrogen-bond acceptors (Lipinski definition) is 8. The Kier molecular flexibility index (Phi) is 3.92. The number of carbonyl (C=O) groups is 2. The van der Waals surface area contributed by atoms with Crippen molar-refractivity contribution < 1.29 is 14.3 Å². The summed E-state index contributed by atoms with van der Waals surface area (Å²) in [6, 6.07) is 0. The van der Waals surface area contributed by atoms with Gasteiger partial charge in [-0.25, -0.2) is 14.8 Å². The van der Waals surface area contributed by atoms with Crippen LogP contribution in [0.4, 0.5) is 11.5 Å². The Labute approximate surface area is 135 Å². The van der Waals surface area contributed by atoms with Crippen LogP contribution in [0.5, 0.6) is 0 Å². The lowest BCUT2D eigenvalue weighted by Gasteiger charge is -2.15. The fraction of sp³-hybridized carbons (Fsp3) is 0.385. The second-order valence-electron chi connectivity index (χ2n) is 4.64. The summed E-state index contributed by atoms with van der Waals surface area (Å²) in [4.78, 5) is 35.9. The fourth-order valence-corrected chi connectivity index (χ4v) is 3.70. The molecule has 0 atom stereocenters. The summed E-state index contributed by atoms with van der Waals surface area (Å²) < 4.78 is 5.08. The molecule has 0 aliphatic carbocycles. The molecule has 2 aromatic rings. The zero-order valence-electron chi connectivity index (χ0n) is 12.3. The average Bonchev–Trinajstić information content (AvgIpc) is 2.78. The van der Waals surface area contributed by atoms with E-state index in [9.17, 15) is 9.59 Å². The average molecular weight is 338 g/mol. The molecule has 0 aromatic carbocycles. The maximum absolute atomic E-state index is 12.2. The van der Waals surface area contributed by atoms with Crippen molar-refractivity contribution in [1.82, 2.24) is 9.97 Å². The number of thioether (sulfide) groups is 1. The summed E-state index contributed by atoms with van der Waals surface area (Å²) in [5.41, 5.74) is 0.454. The molecule has 0 bridgehead atoms. The first kappa shape index (κ1) is 15.0. The molecule has 0 unspecified atom stereocenters. The Morgan fingerprint density at radius 1 is 1.50 bits per heavy atom. The largest absolute Gasteiger partial charge is 0.462 e. The standard InChI is InChI=1S/C13H14N4O3S2/c1-4-20-12(19)9-8-7-10(17(2)5-6(18)14-8)15-13(21-3)16-11(7)22-9/h4-5H2,1-3H3,(H,14,18). The molecule has 3 rings (SSSR count). The molecule has 0 saturated heterocycles. The van der Waals surface area contributed by atoms with Gasteiger partial charge >= 0.3 is 5.97 Å². The van der Waals surface area contributed by atoms with E-state index in [0.29, 0.717) is 31.8 Å². The monoisotopic (exact) mass is 338 g/mol. The van der Waals surface area contributed by atoms with E-state index in [0.717, 1.165) is 0 Å². The van der Waals surface area contributed by atoms with Crippen LogP contribution in [0.1, 0.15) is 16.6 Å². The number of nitrogens with zero attached hydrogens (tertiary/aromatic N) is 3. The van der Waals surface area contributed by atoms with E-state index in [4.69, 9.17) is 4.74 Å². The molecule has 1 N–H and O–H groups in total. The van der Waals surface area contributed by atoms with Gasteiger partial charge in [0.25, 0.3) is 0 Å². The van der Waals surface area contributed by atoms with Crippen LogP contribution in [0.2, 0.25) is 0 Å². The third-order valence-electron chi connectivity index (χ3n) is 3.16. The van der Waals surface area contributed by atoms with E-state index in [-0.39, 0.29) is 19.1 Å². The van der Waals surface area contributed by atoms with Gasteiger partial charge in [-0.2, -0.15) is 0 Å². The van der Waals surface area contributed by atoms with Gasteiger partial charge in [0, 0.05) is 7.05 Å². The van der Waals surface area contributed by atoms with Gasteiger partial charge in [0.2, 0.25) is 5.91 Å². The van der Waals surface area contributed by atoms with Gasteiger partial charge in [-0.05, 0) is 13.2 Å². The second-order valence-corrected chi connectivity index (χ2v) is 6.42. The molecule has 1 aliphatic rings. The zero-order chi connectivity index (χ0) is 15.9. The molecule has 22 heavy (non-hydrogen) atoms. The Hall–Kier alpha value is -1.87. The Morgan fingerprint density at radius 3 is 2.95 bits per heavy atom. The molecule has 0 spiro atoms. The summed E-state index contributed by atoms with van der Waals surface area (Å²) in [6.45, 7) is 2.18. The summed E-state index contributed by atoms with van der Waals surface area (Å²) in [7, 11) is 1.79. The normalized spacial score (nSPS) is 14.0. The minimum absolute atomic E-state index is 0.168. The molecule has 0 radical (unpaired) electrons. The van der Waals surface area contributed by atoms with Crippen LogP contribution in [0.15, 0.2) is 5.16 Å². The van der Waals surface area contributed by atoms with Crippen molar-refractivity contribution in [1.29, 1.82) is 0 Å². The lowest BCUT2D eigenvalue weighted by molar-refractivity contribution is -0.114. The van der Waals surface area contributed by atoms with Gasteiger partial charge in [0.15, 0.2) is 5.16 Å². The fourth-order valence-electron chi connectivity index (χ4n) is 2.26. The van der Waals surface area contributed by atoms with Crippen LogP contribution in [-0.2, 0) is 9.53 Å². The first-order valence-corrected chi connectivity index (χ1v) is 8.66. The van der Waals surface area contributed by atoms with Crippen LogP contribution < -0.4 is 10.2 Å². The number of aromatic nitrogens is 2. The van der Waals surface area contributed by atoms with Gasteiger partial charge in [-0.3, -0.25) is 4.79 Å². The minimum Gasteiger partial charge on any atom is -0.462 e. The van der Waals surface area contributed by atoms with E-state index in [1.165, 1.54) is 23.1 Å². The van der Waals surface area contributed by atoms with E-state index < -0.39 is 5.97 Å². The zero-order valence-corrected chi connectivity index (χ0v) is 13.9. The number of hydrogen-bond donors (Lipinski definition) is 1. The second kappa shape index (κ2) is 5.73.